The van der Waals surface area contributed by atoms with Crippen LogP contribution < -0.4 is 5.32 Å². The van der Waals surface area contributed by atoms with E-state index in [1.165, 1.54) is 11.1 Å². The van der Waals surface area contributed by atoms with Crippen molar-refractivity contribution in [1.29, 1.82) is 0 Å². The summed E-state index contributed by atoms with van der Waals surface area (Å²) in [6.45, 7) is 0. The fraction of sp³-hybridized carbons (Fsp3) is 0.136. The van der Waals surface area contributed by atoms with Crippen molar-refractivity contribution in [3.63, 3.8) is 0 Å². The predicted octanol–water partition coefficient (Wildman–Crippen LogP) is 5.28. The van der Waals surface area contributed by atoms with Crippen LogP contribution in [0.25, 0.3) is 0 Å². The zero-order chi connectivity index (χ0) is 17.3. The van der Waals surface area contributed by atoms with Crippen LogP contribution in [0.5, 0.6) is 0 Å². The molecule has 0 heterocycles. The minimum absolute atomic E-state index is 0.0510. The molecule has 0 bridgehead atoms. The topological polar surface area (TPSA) is 29.1 Å². The molecule has 4 rings (SSSR count). The molecule has 1 atom stereocenters. The average Bonchev–Trinajstić information content (AvgIpc) is 3.42. The second-order valence-corrected chi connectivity index (χ2v) is 6.89. The highest BCUT2D eigenvalue weighted by Gasteiger charge is 2.60. The van der Waals surface area contributed by atoms with E-state index >= 15 is 0 Å². The molecule has 3 heteroatoms. The molecule has 0 saturated heterocycles. The normalized spacial score (nSPS) is 17.7. The first-order valence-electron chi connectivity index (χ1n) is 8.37. The lowest BCUT2D eigenvalue weighted by Gasteiger charge is -2.19. The Morgan fingerprint density at radius 3 is 1.88 bits per heavy atom. The number of amides is 1. The van der Waals surface area contributed by atoms with Gasteiger partial charge in [0, 0.05) is 16.1 Å². The minimum Gasteiger partial charge on any atom is -0.326 e. The first-order valence-corrected chi connectivity index (χ1v) is 8.75. The summed E-state index contributed by atoms with van der Waals surface area (Å²) >= 11 is 5.92. The van der Waals surface area contributed by atoms with E-state index in [-0.39, 0.29) is 17.2 Å². The van der Waals surface area contributed by atoms with Crippen LogP contribution >= 0.6 is 11.6 Å². The maximum absolute atomic E-state index is 12.9. The van der Waals surface area contributed by atoms with Gasteiger partial charge in [0.1, 0.15) is 0 Å². The molecule has 1 fully saturated rings. The molecule has 0 aromatic heterocycles. The molecular weight excluding hydrogens is 330 g/mol. The van der Waals surface area contributed by atoms with Crippen LogP contribution in [0, 0.1) is 5.92 Å². The Morgan fingerprint density at radius 1 is 0.840 bits per heavy atom. The lowest BCUT2D eigenvalue weighted by Crippen LogP contribution is -2.22. The van der Waals surface area contributed by atoms with E-state index in [0.717, 1.165) is 12.1 Å². The van der Waals surface area contributed by atoms with E-state index < -0.39 is 0 Å². The SMILES string of the molecule is O=C(Nc1ccc(Cl)cc1)[C@H]1CC1(c1ccccc1)c1ccccc1. The molecule has 1 aliphatic rings. The van der Waals surface area contributed by atoms with Crippen LogP contribution in [0.2, 0.25) is 5.02 Å². The first-order chi connectivity index (χ1) is 12.2. The highest BCUT2D eigenvalue weighted by molar-refractivity contribution is 6.30. The molecule has 1 aliphatic carbocycles. The van der Waals surface area contributed by atoms with E-state index in [9.17, 15) is 4.79 Å². The molecule has 0 unspecified atom stereocenters. The Balaban J connectivity index is 1.64. The summed E-state index contributed by atoms with van der Waals surface area (Å²) < 4.78 is 0. The lowest BCUT2D eigenvalue weighted by molar-refractivity contribution is -0.117. The summed E-state index contributed by atoms with van der Waals surface area (Å²) in [5.41, 5.74) is 2.92. The highest BCUT2D eigenvalue weighted by Crippen LogP contribution is 2.59. The molecule has 0 radical (unpaired) electrons. The second kappa shape index (κ2) is 6.38. The van der Waals surface area contributed by atoms with Crippen LogP contribution in [-0.2, 0) is 10.2 Å². The number of carbonyl (C=O) groups excluding carboxylic acids is 1. The number of carbonyl (C=O) groups is 1. The Morgan fingerprint density at radius 2 is 1.36 bits per heavy atom. The van der Waals surface area contributed by atoms with Crippen molar-refractivity contribution < 1.29 is 4.79 Å². The lowest BCUT2D eigenvalue weighted by atomic mass is 9.85. The maximum Gasteiger partial charge on any atom is 0.228 e. The van der Waals surface area contributed by atoms with Crippen LogP contribution in [0.4, 0.5) is 5.69 Å². The third-order valence-electron chi connectivity index (χ3n) is 4.97. The van der Waals surface area contributed by atoms with Crippen molar-refractivity contribution >= 4 is 23.2 Å². The van der Waals surface area contributed by atoms with Gasteiger partial charge in [0.05, 0.1) is 5.92 Å². The largest absolute Gasteiger partial charge is 0.326 e. The standard InChI is InChI=1S/C22H18ClNO/c23-18-11-13-19(14-12-18)24-21(25)20-15-22(20,16-7-3-1-4-8-16)17-9-5-2-6-10-17/h1-14,20H,15H2,(H,24,25)/t20-/m1/s1. The van der Waals surface area contributed by atoms with Gasteiger partial charge in [-0.3, -0.25) is 4.79 Å². The van der Waals surface area contributed by atoms with E-state index in [1.54, 1.807) is 12.1 Å². The van der Waals surface area contributed by atoms with Crippen molar-refractivity contribution in [1.82, 2.24) is 0 Å². The fourth-order valence-electron chi connectivity index (χ4n) is 3.62. The number of nitrogens with one attached hydrogen (secondary N) is 1. The minimum atomic E-state index is -0.237. The molecule has 3 aromatic carbocycles. The van der Waals surface area contributed by atoms with Crippen molar-refractivity contribution in [2.75, 3.05) is 5.32 Å². The van der Waals surface area contributed by atoms with Crippen LogP contribution in [0.15, 0.2) is 84.9 Å². The quantitative estimate of drug-likeness (QED) is 0.683. The Hall–Kier alpha value is -2.58. The van der Waals surface area contributed by atoms with Gasteiger partial charge < -0.3 is 5.32 Å². The Kier molecular flexibility index (Phi) is 4.06. The summed E-state index contributed by atoms with van der Waals surface area (Å²) in [5, 5.41) is 3.69. The molecule has 0 spiro atoms. The molecule has 1 amide bonds. The van der Waals surface area contributed by atoms with Crippen molar-refractivity contribution in [2.24, 2.45) is 5.92 Å². The number of rotatable bonds is 4. The smallest absolute Gasteiger partial charge is 0.228 e. The van der Waals surface area contributed by atoms with Crippen molar-refractivity contribution in [2.45, 2.75) is 11.8 Å². The maximum atomic E-state index is 12.9. The molecular formula is C22H18ClNO. The Bertz CT molecular complexity index is 835. The molecule has 1 saturated carbocycles. The fourth-order valence-corrected chi connectivity index (χ4v) is 3.74. The zero-order valence-corrected chi connectivity index (χ0v) is 14.4. The third kappa shape index (κ3) is 2.94. The van der Waals surface area contributed by atoms with Crippen molar-refractivity contribution in [3.05, 3.63) is 101 Å². The average molecular weight is 348 g/mol. The van der Waals surface area contributed by atoms with Gasteiger partial charge in [0.15, 0.2) is 0 Å². The summed E-state index contributed by atoms with van der Waals surface area (Å²) in [4.78, 5) is 12.9. The first kappa shape index (κ1) is 15.9. The number of halogens is 1. The summed E-state index contributed by atoms with van der Waals surface area (Å²) in [6, 6.07) is 27.8. The summed E-state index contributed by atoms with van der Waals surface area (Å²) in [7, 11) is 0. The number of anilines is 1. The van der Waals surface area contributed by atoms with Gasteiger partial charge in [-0.2, -0.15) is 0 Å². The third-order valence-corrected chi connectivity index (χ3v) is 5.22. The van der Waals surface area contributed by atoms with Crippen LogP contribution in [0.3, 0.4) is 0 Å². The van der Waals surface area contributed by atoms with Gasteiger partial charge >= 0.3 is 0 Å². The van der Waals surface area contributed by atoms with E-state index in [4.69, 9.17) is 11.6 Å². The molecule has 2 nitrogen and oxygen atoms in total. The summed E-state index contributed by atoms with van der Waals surface area (Å²) in [5.74, 6) is -0.0250. The Labute approximate surface area is 152 Å². The van der Waals surface area contributed by atoms with Gasteiger partial charge in [-0.25, -0.2) is 0 Å². The van der Waals surface area contributed by atoms with E-state index in [1.807, 2.05) is 48.5 Å². The monoisotopic (exact) mass is 347 g/mol. The van der Waals surface area contributed by atoms with Gasteiger partial charge in [0.2, 0.25) is 5.91 Å². The number of benzene rings is 3. The summed E-state index contributed by atoms with van der Waals surface area (Å²) in [6.07, 6.45) is 0.820. The number of hydrogen-bond acceptors (Lipinski definition) is 1. The van der Waals surface area contributed by atoms with E-state index in [2.05, 4.69) is 29.6 Å². The van der Waals surface area contributed by atoms with Gasteiger partial charge in [-0.1, -0.05) is 72.3 Å². The van der Waals surface area contributed by atoms with E-state index in [0.29, 0.717) is 5.02 Å². The zero-order valence-electron chi connectivity index (χ0n) is 13.7. The highest BCUT2D eigenvalue weighted by atomic mass is 35.5. The van der Waals surface area contributed by atoms with Gasteiger partial charge in [-0.15, -0.1) is 0 Å². The van der Waals surface area contributed by atoms with Crippen LogP contribution in [-0.4, -0.2) is 5.91 Å². The molecule has 124 valence electrons. The number of hydrogen-bond donors (Lipinski definition) is 1. The van der Waals surface area contributed by atoms with Crippen molar-refractivity contribution in [3.8, 4) is 0 Å². The predicted molar refractivity (Wildman–Crippen MR) is 102 cm³/mol. The molecule has 1 N–H and O–H groups in total. The molecule has 25 heavy (non-hydrogen) atoms. The van der Waals surface area contributed by atoms with Gasteiger partial charge in [-0.05, 0) is 41.8 Å². The molecule has 3 aromatic rings. The molecule has 0 aliphatic heterocycles. The second-order valence-electron chi connectivity index (χ2n) is 6.46. The van der Waals surface area contributed by atoms with Gasteiger partial charge in [0.25, 0.3) is 0 Å². The van der Waals surface area contributed by atoms with Crippen LogP contribution in [0.1, 0.15) is 17.5 Å².